The summed E-state index contributed by atoms with van der Waals surface area (Å²) in [4.78, 5) is 22.5. The molecular formula is C13H17NO4. The van der Waals surface area contributed by atoms with E-state index in [2.05, 4.69) is 0 Å². The largest absolute Gasteiger partial charge is 0.481 e. The molecule has 5 nitrogen and oxygen atoms in total. The van der Waals surface area contributed by atoms with Crippen LogP contribution in [0.4, 0.5) is 0 Å². The third-order valence-corrected chi connectivity index (χ3v) is 2.70. The van der Waals surface area contributed by atoms with Crippen molar-refractivity contribution < 1.29 is 19.4 Å². The van der Waals surface area contributed by atoms with Gasteiger partial charge < -0.3 is 15.6 Å². The molecule has 0 aliphatic rings. The highest BCUT2D eigenvalue weighted by Gasteiger charge is 2.36. The van der Waals surface area contributed by atoms with Crippen LogP contribution in [-0.4, -0.2) is 23.6 Å². The van der Waals surface area contributed by atoms with Crippen LogP contribution in [0.2, 0.25) is 0 Å². The number of carbonyl (C=O) groups is 2. The average Bonchev–Trinajstić information content (AvgIpc) is 2.36. The number of carboxylic acid groups (broad SMARTS) is 1. The number of hydrogen-bond acceptors (Lipinski definition) is 4. The molecule has 0 aliphatic carbocycles. The zero-order valence-corrected chi connectivity index (χ0v) is 10.3. The van der Waals surface area contributed by atoms with Crippen LogP contribution in [0, 0.1) is 5.41 Å². The van der Waals surface area contributed by atoms with Gasteiger partial charge in [0, 0.05) is 6.54 Å². The smallest absolute Gasteiger partial charge is 0.314 e. The lowest BCUT2D eigenvalue weighted by Crippen LogP contribution is -2.39. The molecule has 1 rings (SSSR count). The van der Waals surface area contributed by atoms with Crippen molar-refractivity contribution in [2.24, 2.45) is 11.1 Å². The van der Waals surface area contributed by atoms with Crippen LogP contribution in [-0.2, 0) is 20.9 Å². The maximum Gasteiger partial charge on any atom is 0.314 e. The van der Waals surface area contributed by atoms with E-state index in [9.17, 15) is 9.59 Å². The topological polar surface area (TPSA) is 89.6 Å². The number of carbonyl (C=O) groups excluding carboxylic acids is 1. The van der Waals surface area contributed by atoms with E-state index in [1.807, 2.05) is 30.3 Å². The Hall–Kier alpha value is -1.88. The molecule has 1 atom stereocenters. The number of nitrogens with two attached hydrogens (primary N) is 1. The van der Waals surface area contributed by atoms with Crippen molar-refractivity contribution in [1.29, 1.82) is 0 Å². The van der Waals surface area contributed by atoms with Gasteiger partial charge in [-0.3, -0.25) is 9.59 Å². The molecule has 0 saturated carbocycles. The highest BCUT2D eigenvalue weighted by atomic mass is 16.5. The van der Waals surface area contributed by atoms with Gasteiger partial charge in [0.2, 0.25) is 0 Å². The highest BCUT2D eigenvalue weighted by Crippen LogP contribution is 2.22. The Labute approximate surface area is 106 Å². The van der Waals surface area contributed by atoms with Crippen molar-refractivity contribution in [2.45, 2.75) is 20.0 Å². The Bertz CT molecular complexity index is 418. The standard InChI is InChI=1S/C13H17NO4/c1-13(9-14,7-11(15)16)12(17)18-8-10-5-3-2-4-6-10/h2-6H,7-9,14H2,1H3,(H,15,16). The van der Waals surface area contributed by atoms with Crippen LogP contribution >= 0.6 is 0 Å². The Balaban J connectivity index is 2.60. The fourth-order valence-electron chi connectivity index (χ4n) is 1.46. The van der Waals surface area contributed by atoms with Crippen molar-refractivity contribution in [2.75, 3.05) is 6.54 Å². The Kier molecular flexibility index (Phi) is 4.85. The SMILES string of the molecule is CC(CN)(CC(=O)O)C(=O)OCc1ccccc1. The zero-order valence-electron chi connectivity index (χ0n) is 10.3. The molecule has 1 unspecified atom stereocenters. The first kappa shape index (κ1) is 14.2. The fourth-order valence-corrected chi connectivity index (χ4v) is 1.46. The lowest BCUT2D eigenvalue weighted by molar-refractivity contribution is -0.160. The van der Waals surface area contributed by atoms with E-state index in [4.69, 9.17) is 15.6 Å². The first-order valence-corrected chi connectivity index (χ1v) is 5.61. The van der Waals surface area contributed by atoms with Gasteiger partial charge in [-0.15, -0.1) is 0 Å². The van der Waals surface area contributed by atoms with E-state index < -0.39 is 17.4 Å². The molecule has 0 radical (unpaired) electrons. The summed E-state index contributed by atoms with van der Waals surface area (Å²) in [5.41, 5.74) is 5.13. The zero-order chi connectivity index (χ0) is 13.6. The summed E-state index contributed by atoms with van der Waals surface area (Å²) < 4.78 is 5.10. The molecule has 0 bridgehead atoms. The molecule has 0 fully saturated rings. The summed E-state index contributed by atoms with van der Waals surface area (Å²) in [6.45, 7) is 1.55. The second kappa shape index (κ2) is 6.16. The van der Waals surface area contributed by atoms with Crippen molar-refractivity contribution in [3.8, 4) is 0 Å². The minimum atomic E-state index is -1.18. The molecule has 0 aliphatic heterocycles. The predicted octanol–water partition coefficient (Wildman–Crippen LogP) is 1.17. The summed E-state index contributed by atoms with van der Waals surface area (Å²) in [5.74, 6) is -1.66. The Morgan fingerprint density at radius 3 is 2.44 bits per heavy atom. The molecule has 3 N–H and O–H groups in total. The minimum absolute atomic E-state index is 0.0626. The van der Waals surface area contributed by atoms with E-state index in [0.717, 1.165) is 5.56 Å². The lowest BCUT2D eigenvalue weighted by Gasteiger charge is -2.23. The highest BCUT2D eigenvalue weighted by molar-refractivity contribution is 5.82. The van der Waals surface area contributed by atoms with Gasteiger partial charge in [-0.1, -0.05) is 30.3 Å². The van der Waals surface area contributed by atoms with Crippen LogP contribution < -0.4 is 5.73 Å². The third-order valence-electron chi connectivity index (χ3n) is 2.70. The number of benzene rings is 1. The van der Waals surface area contributed by atoms with Gasteiger partial charge in [0.1, 0.15) is 6.61 Å². The number of hydrogen-bond donors (Lipinski definition) is 2. The monoisotopic (exact) mass is 251 g/mol. The van der Waals surface area contributed by atoms with Crippen molar-refractivity contribution in [1.82, 2.24) is 0 Å². The summed E-state index contributed by atoms with van der Waals surface area (Å²) >= 11 is 0. The van der Waals surface area contributed by atoms with Gasteiger partial charge in [-0.25, -0.2) is 0 Å². The van der Waals surface area contributed by atoms with Crippen molar-refractivity contribution in [3.05, 3.63) is 35.9 Å². The second-order valence-corrected chi connectivity index (χ2v) is 4.40. The van der Waals surface area contributed by atoms with Gasteiger partial charge >= 0.3 is 11.9 Å². The number of carboxylic acids is 1. The summed E-state index contributed by atoms with van der Waals surface area (Å²) in [6, 6.07) is 9.18. The first-order chi connectivity index (χ1) is 8.48. The Morgan fingerprint density at radius 2 is 1.94 bits per heavy atom. The number of ether oxygens (including phenoxy) is 1. The lowest BCUT2D eigenvalue weighted by atomic mass is 9.87. The molecule has 0 amide bonds. The molecule has 0 spiro atoms. The molecule has 1 aromatic carbocycles. The normalized spacial score (nSPS) is 13.7. The van der Waals surface area contributed by atoms with E-state index in [0.29, 0.717) is 0 Å². The molecule has 0 heterocycles. The van der Waals surface area contributed by atoms with Crippen LogP contribution in [0.25, 0.3) is 0 Å². The van der Waals surface area contributed by atoms with Gasteiger partial charge in [0.15, 0.2) is 0 Å². The molecule has 0 saturated heterocycles. The maximum atomic E-state index is 11.8. The molecule has 98 valence electrons. The average molecular weight is 251 g/mol. The first-order valence-electron chi connectivity index (χ1n) is 5.61. The van der Waals surface area contributed by atoms with Gasteiger partial charge in [0.05, 0.1) is 11.8 Å². The third kappa shape index (κ3) is 3.85. The van der Waals surface area contributed by atoms with Crippen LogP contribution in [0.5, 0.6) is 0 Å². The van der Waals surface area contributed by atoms with E-state index in [1.165, 1.54) is 6.92 Å². The molecule has 18 heavy (non-hydrogen) atoms. The second-order valence-electron chi connectivity index (χ2n) is 4.40. The minimum Gasteiger partial charge on any atom is -0.481 e. The van der Waals surface area contributed by atoms with Crippen LogP contribution in [0.15, 0.2) is 30.3 Å². The predicted molar refractivity (Wildman–Crippen MR) is 65.7 cm³/mol. The summed E-state index contributed by atoms with van der Waals surface area (Å²) in [5, 5.41) is 8.75. The molecule has 0 aromatic heterocycles. The van der Waals surface area contributed by atoms with Gasteiger partial charge in [-0.05, 0) is 12.5 Å². The summed E-state index contributed by atoms with van der Waals surface area (Å²) in [7, 11) is 0. The number of rotatable bonds is 6. The molecular weight excluding hydrogens is 234 g/mol. The molecule has 5 heteroatoms. The van der Waals surface area contributed by atoms with Crippen molar-refractivity contribution in [3.63, 3.8) is 0 Å². The quantitative estimate of drug-likeness (QED) is 0.741. The maximum absolute atomic E-state index is 11.8. The van der Waals surface area contributed by atoms with Gasteiger partial charge in [-0.2, -0.15) is 0 Å². The Morgan fingerprint density at radius 1 is 1.33 bits per heavy atom. The van der Waals surface area contributed by atoms with Crippen molar-refractivity contribution >= 4 is 11.9 Å². The number of esters is 1. The summed E-state index contributed by atoms with van der Waals surface area (Å²) in [6.07, 6.45) is -0.336. The molecule has 1 aromatic rings. The van der Waals surface area contributed by atoms with E-state index in [1.54, 1.807) is 0 Å². The van der Waals surface area contributed by atoms with E-state index in [-0.39, 0.29) is 19.6 Å². The number of aliphatic carboxylic acids is 1. The van der Waals surface area contributed by atoms with Crippen LogP contribution in [0.1, 0.15) is 18.9 Å². The fraction of sp³-hybridized carbons (Fsp3) is 0.385. The van der Waals surface area contributed by atoms with E-state index >= 15 is 0 Å². The van der Waals surface area contributed by atoms with Gasteiger partial charge in [0.25, 0.3) is 0 Å². The van der Waals surface area contributed by atoms with Crippen LogP contribution in [0.3, 0.4) is 0 Å².